The number of amides is 1. The summed E-state index contributed by atoms with van der Waals surface area (Å²) in [6.07, 6.45) is 0.193. The smallest absolute Gasteiger partial charge is 0.337 e. The van der Waals surface area contributed by atoms with Crippen LogP contribution < -0.4 is 5.32 Å². The summed E-state index contributed by atoms with van der Waals surface area (Å²) in [6.45, 7) is 0. The van der Waals surface area contributed by atoms with E-state index in [1.807, 2.05) is 46.9 Å². The molecule has 0 fully saturated rings. The van der Waals surface area contributed by atoms with Crippen LogP contribution in [0.5, 0.6) is 0 Å². The van der Waals surface area contributed by atoms with Crippen LogP contribution in [0.3, 0.4) is 0 Å². The van der Waals surface area contributed by atoms with Crippen LogP contribution in [0.1, 0.15) is 15.9 Å². The number of carbonyl (C=O) groups is 2. The quantitative estimate of drug-likeness (QED) is 0.680. The minimum absolute atomic E-state index is 0.0889. The molecule has 0 atom stereocenters. The van der Waals surface area contributed by atoms with Gasteiger partial charge in [0.25, 0.3) is 0 Å². The fraction of sp³-hybridized carbons (Fsp3) is 0.0667. The lowest BCUT2D eigenvalue weighted by atomic mass is 10.1. The first-order valence-corrected chi connectivity index (χ1v) is 7.90. The van der Waals surface area contributed by atoms with E-state index in [4.69, 9.17) is 5.11 Å². The van der Waals surface area contributed by atoms with Gasteiger partial charge in [-0.15, -0.1) is 0 Å². The molecule has 0 radical (unpaired) electrons. The Morgan fingerprint density at radius 1 is 1.14 bits per heavy atom. The first kappa shape index (κ1) is 16.0. The lowest BCUT2D eigenvalue weighted by Crippen LogP contribution is -2.16. The number of carboxylic acid groups (broad SMARTS) is 1. The Balaban J connectivity index is 2.12. The van der Waals surface area contributed by atoms with Gasteiger partial charge in [-0.3, -0.25) is 4.79 Å². The maximum atomic E-state index is 12.0. The molecule has 4 nitrogen and oxygen atoms in total. The molecule has 0 aliphatic rings. The lowest BCUT2D eigenvalue weighted by Gasteiger charge is -2.09. The highest BCUT2D eigenvalue weighted by Gasteiger charge is 2.13. The minimum atomic E-state index is -1.06. The highest BCUT2D eigenvalue weighted by Crippen LogP contribution is 2.19. The predicted molar refractivity (Wildman–Crippen MR) is 92.6 cm³/mol. The molecule has 2 rings (SSSR count). The van der Waals surface area contributed by atoms with E-state index in [0.29, 0.717) is 5.69 Å². The van der Waals surface area contributed by atoms with Crippen molar-refractivity contribution in [3.8, 4) is 0 Å². The average Bonchev–Trinajstić information content (AvgIpc) is 2.43. The SMILES string of the molecule is O=C(Cc1ccc(Br)cc1)Nc1ccc(I)cc1C(=O)O. The van der Waals surface area contributed by atoms with E-state index >= 15 is 0 Å². The topological polar surface area (TPSA) is 66.4 Å². The molecule has 6 heteroatoms. The van der Waals surface area contributed by atoms with Gasteiger partial charge in [-0.25, -0.2) is 4.79 Å². The van der Waals surface area contributed by atoms with Crippen molar-refractivity contribution in [2.75, 3.05) is 5.32 Å². The van der Waals surface area contributed by atoms with Gasteiger partial charge in [-0.2, -0.15) is 0 Å². The summed E-state index contributed by atoms with van der Waals surface area (Å²) < 4.78 is 1.74. The van der Waals surface area contributed by atoms with Crippen molar-refractivity contribution in [3.63, 3.8) is 0 Å². The van der Waals surface area contributed by atoms with Gasteiger partial charge in [0.1, 0.15) is 0 Å². The van der Waals surface area contributed by atoms with E-state index in [-0.39, 0.29) is 17.9 Å². The standard InChI is InChI=1S/C15H11BrINO3/c16-10-3-1-9(2-4-10)7-14(19)18-13-6-5-11(17)8-12(13)15(20)21/h1-6,8H,7H2,(H,18,19)(H,20,21). The third-order valence-corrected chi connectivity index (χ3v) is 3.96. The number of rotatable bonds is 4. The van der Waals surface area contributed by atoms with Gasteiger partial charge in [-0.05, 0) is 58.5 Å². The summed E-state index contributed by atoms with van der Waals surface area (Å²) in [4.78, 5) is 23.2. The second-order valence-electron chi connectivity index (χ2n) is 4.35. The Morgan fingerprint density at radius 2 is 1.81 bits per heavy atom. The second-order valence-corrected chi connectivity index (χ2v) is 6.51. The molecule has 108 valence electrons. The van der Waals surface area contributed by atoms with Crippen molar-refractivity contribution in [2.45, 2.75) is 6.42 Å². The highest BCUT2D eigenvalue weighted by atomic mass is 127. The largest absolute Gasteiger partial charge is 0.478 e. The molecule has 0 aromatic heterocycles. The summed E-state index contributed by atoms with van der Waals surface area (Å²) in [7, 11) is 0. The number of anilines is 1. The molecule has 0 bridgehead atoms. The zero-order chi connectivity index (χ0) is 15.4. The molecule has 21 heavy (non-hydrogen) atoms. The summed E-state index contributed by atoms with van der Waals surface area (Å²) in [5, 5.41) is 11.8. The molecule has 2 aromatic rings. The van der Waals surface area contributed by atoms with Crippen molar-refractivity contribution < 1.29 is 14.7 Å². The number of hydrogen-bond acceptors (Lipinski definition) is 2. The van der Waals surface area contributed by atoms with E-state index in [9.17, 15) is 9.59 Å². The van der Waals surface area contributed by atoms with E-state index < -0.39 is 5.97 Å². The number of carbonyl (C=O) groups excluding carboxylic acids is 1. The van der Waals surface area contributed by atoms with Gasteiger partial charge < -0.3 is 10.4 Å². The maximum Gasteiger partial charge on any atom is 0.337 e. The predicted octanol–water partition coefficient (Wildman–Crippen LogP) is 3.93. The third-order valence-electron chi connectivity index (χ3n) is 2.76. The van der Waals surface area contributed by atoms with Crippen molar-refractivity contribution in [1.29, 1.82) is 0 Å². The number of carboxylic acids is 1. The Bertz CT molecular complexity index is 686. The molecule has 2 aromatic carbocycles. The zero-order valence-corrected chi connectivity index (χ0v) is 14.5. The Hall–Kier alpha value is -1.41. The van der Waals surface area contributed by atoms with E-state index in [1.54, 1.807) is 12.1 Å². The molecule has 0 saturated heterocycles. The van der Waals surface area contributed by atoms with Crippen LogP contribution in [0.25, 0.3) is 0 Å². The van der Waals surface area contributed by atoms with Crippen LogP contribution >= 0.6 is 38.5 Å². The number of hydrogen-bond donors (Lipinski definition) is 2. The average molecular weight is 460 g/mol. The van der Waals surface area contributed by atoms with Crippen LogP contribution in [-0.4, -0.2) is 17.0 Å². The molecule has 1 amide bonds. The van der Waals surface area contributed by atoms with Crippen molar-refractivity contribution in [1.82, 2.24) is 0 Å². The lowest BCUT2D eigenvalue weighted by molar-refractivity contribution is -0.115. The summed E-state index contributed by atoms with van der Waals surface area (Å²) in [5.41, 5.74) is 1.26. The van der Waals surface area contributed by atoms with Crippen LogP contribution in [-0.2, 0) is 11.2 Å². The molecule has 0 unspecified atom stereocenters. The number of nitrogens with one attached hydrogen (secondary N) is 1. The van der Waals surface area contributed by atoms with Crippen LogP contribution in [0.2, 0.25) is 0 Å². The molecule has 0 aliphatic carbocycles. The van der Waals surface area contributed by atoms with Crippen molar-refractivity contribution >= 4 is 56.1 Å². The van der Waals surface area contributed by atoms with Crippen LogP contribution in [0.4, 0.5) is 5.69 Å². The minimum Gasteiger partial charge on any atom is -0.478 e. The molecule has 0 heterocycles. The first-order chi connectivity index (χ1) is 9.95. The first-order valence-electron chi connectivity index (χ1n) is 6.03. The Kier molecular flexibility index (Phi) is 5.35. The molecule has 0 aliphatic heterocycles. The highest BCUT2D eigenvalue weighted by molar-refractivity contribution is 14.1. The van der Waals surface area contributed by atoms with Gasteiger partial charge in [0.05, 0.1) is 17.7 Å². The molecule has 0 spiro atoms. The van der Waals surface area contributed by atoms with Gasteiger partial charge in [0.2, 0.25) is 5.91 Å². The van der Waals surface area contributed by atoms with Gasteiger partial charge >= 0.3 is 5.97 Å². The van der Waals surface area contributed by atoms with Gasteiger partial charge in [-0.1, -0.05) is 28.1 Å². The van der Waals surface area contributed by atoms with Crippen LogP contribution in [0, 0.1) is 3.57 Å². The van der Waals surface area contributed by atoms with Crippen LogP contribution in [0.15, 0.2) is 46.9 Å². The molecular weight excluding hydrogens is 449 g/mol. The summed E-state index contributed by atoms with van der Waals surface area (Å²) in [6, 6.07) is 12.3. The summed E-state index contributed by atoms with van der Waals surface area (Å²) in [5.74, 6) is -1.31. The third kappa shape index (κ3) is 4.53. The molecular formula is C15H11BrINO3. The maximum absolute atomic E-state index is 12.0. The number of aromatic carboxylic acids is 1. The monoisotopic (exact) mass is 459 g/mol. The number of halogens is 2. The van der Waals surface area contributed by atoms with E-state index in [0.717, 1.165) is 13.6 Å². The summed E-state index contributed by atoms with van der Waals surface area (Å²) >= 11 is 5.36. The molecule has 2 N–H and O–H groups in total. The number of benzene rings is 2. The Morgan fingerprint density at radius 3 is 2.43 bits per heavy atom. The fourth-order valence-electron chi connectivity index (χ4n) is 1.78. The van der Waals surface area contributed by atoms with Crippen molar-refractivity contribution in [2.24, 2.45) is 0 Å². The van der Waals surface area contributed by atoms with Crippen molar-refractivity contribution in [3.05, 3.63) is 61.6 Å². The zero-order valence-electron chi connectivity index (χ0n) is 10.8. The van der Waals surface area contributed by atoms with E-state index in [2.05, 4.69) is 21.2 Å². The second kappa shape index (κ2) is 7.04. The Labute approximate surface area is 143 Å². The molecule has 0 saturated carbocycles. The fourth-order valence-corrected chi connectivity index (χ4v) is 2.54. The normalized spacial score (nSPS) is 10.2. The van der Waals surface area contributed by atoms with Gasteiger partial charge in [0, 0.05) is 8.04 Å². The van der Waals surface area contributed by atoms with Gasteiger partial charge in [0.15, 0.2) is 0 Å². The van der Waals surface area contributed by atoms with E-state index in [1.165, 1.54) is 6.07 Å².